The van der Waals surface area contributed by atoms with Gasteiger partial charge in [-0.2, -0.15) is 0 Å². The van der Waals surface area contributed by atoms with Crippen LogP contribution in [0.3, 0.4) is 0 Å². The highest BCUT2D eigenvalue weighted by atomic mass is 79.9. The van der Waals surface area contributed by atoms with Crippen molar-refractivity contribution >= 4 is 15.9 Å². The van der Waals surface area contributed by atoms with Crippen LogP contribution in [0.5, 0.6) is 5.75 Å². The van der Waals surface area contributed by atoms with Gasteiger partial charge in [-0.3, -0.25) is 0 Å². The SMILES string of the molecule is COc1ccc(C(N)c2ccc(C)c(F)c2)c(Br)c1. The Bertz CT molecular complexity index is 601. The molecule has 2 N–H and O–H groups in total. The normalized spacial score (nSPS) is 12.3. The van der Waals surface area contributed by atoms with Crippen LogP contribution in [-0.4, -0.2) is 7.11 Å². The molecule has 0 saturated carbocycles. The van der Waals surface area contributed by atoms with E-state index in [4.69, 9.17) is 10.5 Å². The van der Waals surface area contributed by atoms with Crippen molar-refractivity contribution in [1.82, 2.24) is 0 Å². The van der Waals surface area contributed by atoms with Gasteiger partial charge in [0.25, 0.3) is 0 Å². The van der Waals surface area contributed by atoms with Gasteiger partial charge in [0.2, 0.25) is 0 Å². The van der Waals surface area contributed by atoms with Crippen LogP contribution in [-0.2, 0) is 0 Å². The van der Waals surface area contributed by atoms with Gasteiger partial charge in [-0.1, -0.05) is 34.1 Å². The summed E-state index contributed by atoms with van der Waals surface area (Å²) in [5, 5.41) is 0. The molecule has 0 aliphatic carbocycles. The molecule has 0 bridgehead atoms. The fourth-order valence-electron chi connectivity index (χ4n) is 1.87. The summed E-state index contributed by atoms with van der Waals surface area (Å²) in [5.74, 6) is 0.510. The zero-order chi connectivity index (χ0) is 14.0. The number of ether oxygens (including phenoxy) is 1. The van der Waals surface area contributed by atoms with E-state index in [0.29, 0.717) is 5.56 Å². The van der Waals surface area contributed by atoms with Gasteiger partial charge in [0.15, 0.2) is 0 Å². The number of halogens is 2. The molecule has 0 aromatic heterocycles. The van der Waals surface area contributed by atoms with Crippen molar-refractivity contribution in [3.05, 3.63) is 63.4 Å². The molecule has 0 spiro atoms. The van der Waals surface area contributed by atoms with Crippen molar-refractivity contribution in [2.24, 2.45) is 5.73 Å². The summed E-state index contributed by atoms with van der Waals surface area (Å²) < 4.78 is 19.6. The van der Waals surface area contributed by atoms with E-state index in [0.717, 1.165) is 21.3 Å². The van der Waals surface area contributed by atoms with Gasteiger partial charge in [-0.25, -0.2) is 4.39 Å². The van der Waals surface area contributed by atoms with Crippen LogP contribution in [0, 0.1) is 12.7 Å². The smallest absolute Gasteiger partial charge is 0.126 e. The molecule has 0 aliphatic heterocycles. The Hall–Kier alpha value is -1.39. The summed E-state index contributed by atoms with van der Waals surface area (Å²) in [7, 11) is 1.61. The summed E-state index contributed by atoms with van der Waals surface area (Å²) in [6.45, 7) is 1.73. The molecule has 100 valence electrons. The molecule has 0 heterocycles. The van der Waals surface area contributed by atoms with Crippen LogP contribution >= 0.6 is 15.9 Å². The first-order valence-electron chi connectivity index (χ1n) is 5.88. The van der Waals surface area contributed by atoms with E-state index in [-0.39, 0.29) is 11.9 Å². The van der Waals surface area contributed by atoms with Gasteiger partial charge >= 0.3 is 0 Å². The first-order valence-corrected chi connectivity index (χ1v) is 6.67. The molecule has 2 aromatic carbocycles. The van der Waals surface area contributed by atoms with Gasteiger partial charge in [-0.15, -0.1) is 0 Å². The van der Waals surface area contributed by atoms with E-state index in [9.17, 15) is 4.39 Å². The topological polar surface area (TPSA) is 35.2 Å². The Morgan fingerprint density at radius 2 is 1.95 bits per heavy atom. The summed E-state index contributed by atoms with van der Waals surface area (Å²) in [5.41, 5.74) is 8.44. The Kier molecular flexibility index (Phi) is 4.22. The number of hydrogen-bond donors (Lipinski definition) is 1. The molecule has 2 aromatic rings. The maximum absolute atomic E-state index is 13.6. The monoisotopic (exact) mass is 323 g/mol. The van der Waals surface area contributed by atoms with E-state index < -0.39 is 0 Å². The van der Waals surface area contributed by atoms with E-state index >= 15 is 0 Å². The summed E-state index contributed by atoms with van der Waals surface area (Å²) in [6.07, 6.45) is 0. The standard InChI is InChI=1S/C15H15BrFNO/c1-9-3-4-10(7-14(9)17)15(18)12-6-5-11(19-2)8-13(12)16/h3-8,15H,18H2,1-2H3. The molecule has 1 unspecified atom stereocenters. The zero-order valence-corrected chi connectivity index (χ0v) is 12.4. The Labute approximate surface area is 120 Å². The van der Waals surface area contributed by atoms with Crippen LogP contribution in [0.2, 0.25) is 0 Å². The highest BCUT2D eigenvalue weighted by Gasteiger charge is 2.14. The predicted molar refractivity (Wildman–Crippen MR) is 77.9 cm³/mol. The number of nitrogens with two attached hydrogens (primary N) is 1. The van der Waals surface area contributed by atoms with Crippen LogP contribution in [0.1, 0.15) is 22.7 Å². The average Bonchev–Trinajstić information content (AvgIpc) is 2.41. The van der Waals surface area contributed by atoms with Crippen molar-refractivity contribution in [1.29, 1.82) is 0 Å². The molecule has 4 heteroatoms. The quantitative estimate of drug-likeness (QED) is 0.928. The number of benzene rings is 2. The van der Waals surface area contributed by atoms with Crippen molar-refractivity contribution in [3.8, 4) is 5.75 Å². The molecule has 0 amide bonds. The van der Waals surface area contributed by atoms with Crippen molar-refractivity contribution in [3.63, 3.8) is 0 Å². The highest BCUT2D eigenvalue weighted by molar-refractivity contribution is 9.10. The summed E-state index contributed by atoms with van der Waals surface area (Å²) >= 11 is 3.47. The number of aryl methyl sites for hydroxylation is 1. The van der Waals surface area contributed by atoms with Crippen LogP contribution in [0.25, 0.3) is 0 Å². The van der Waals surface area contributed by atoms with E-state index in [2.05, 4.69) is 15.9 Å². The molecular weight excluding hydrogens is 309 g/mol. The van der Waals surface area contributed by atoms with Gasteiger partial charge < -0.3 is 10.5 Å². The fourth-order valence-corrected chi connectivity index (χ4v) is 2.47. The lowest BCUT2D eigenvalue weighted by molar-refractivity contribution is 0.414. The van der Waals surface area contributed by atoms with Crippen LogP contribution < -0.4 is 10.5 Å². The van der Waals surface area contributed by atoms with E-state index in [1.807, 2.05) is 24.3 Å². The molecule has 19 heavy (non-hydrogen) atoms. The van der Waals surface area contributed by atoms with Crippen LogP contribution in [0.15, 0.2) is 40.9 Å². The third-order valence-electron chi connectivity index (χ3n) is 3.10. The largest absolute Gasteiger partial charge is 0.497 e. The minimum Gasteiger partial charge on any atom is -0.497 e. The fraction of sp³-hybridized carbons (Fsp3) is 0.200. The number of rotatable bonds is 3. The predicted octanol–water partition coefficient (Wildman–Crippen LogP) is 3.95. The summed E-state index contributed by atoms with van der Waals surface area (Å²) in [4.78, 5) is 0. The molecule has 2 rings (SSSR count). The molecule has 0 saturated heterocycles. The average molecular weight is 324 g/mol. The Balaban J connectivity index is 2.38. The molecule has 1 atom stereocenters. The zero-order valence-electron chi connectivity index (χ0n) is 10.8. The molecule has 0 aliphatic rings. The molecule has 0 radical (unpaired) electrons. The molecule has 0 fully saturated rings. The Morgan fingerprint density at radius 3 is 2.53 bits per heavy atom. The second-order valence-electron chi connectivity index (χ2n) is 4.37. The third-order valence-corrected chi connectivity index (χ3v) is 3.78. The van der Waals surface area contributed by atoms with E-state index in [1.165, 1.54) is 6.07 Å². The lowest BCUT2D eigenvalue weighted by Crippen LogP contribution is -2.13. The third kappa shape index (κ3) is 2.96. The highest BCUT2D eigenvalue weighted by Crippen LogP contribution is 2.30. The maximum atomic E-state index is 13.6. The van der Waals surface area contributed by atoms with Crippen LogP contribution in [0.4, 0.5) is 4.39 Å². The second kappa shape index (κ2) is 5.72. The number of methoxy groups -OCH3 is 1. The van der Waals surface area contributed by atoms with Gasteiger partial charge in [-0.05, 0) is 41.8 Å². The first-order chi connectivity index (χ1) is 9.02. The molecule has 2 nitrogen and oxygen atoms in total. The lowest BCUT2D eigenvalue weighted by Gasteiger charge is -2.15. The minimum absolute atomic E-state index is 0.238. The van der Waals surface area contributed by atoms with Crippen molar-refractivity contribution in [2.45, 2.75) is 13.0 Å². The Morgan fingerprint density at radius 1 is 1.21 bits per heavy atom. The maximum Gasteiger partial charge on any atom is 0.126 e. The number of hydrogen-bond acceptors (Lipinski definition) is 2. The van der Waals surface area contributed by atoms with Crippen molar-refractivity contribution in [2.75, 3.05) is 7.11 Å². The van der Waals surface area contributed by atoms with E-state index in [1.54, 1.807) is 20.1 Å². The minimum atomic E-state index is -0.379. The second-order valence-corrected chi connectivity index (χ2v) is 5.23. The van der Waals surface area contributed by atoms with Gasteiger partial charge in [0, 0.05) is 4.47 Å². The first kappa shape index (κ1) is 14.0. The summed E-state index contributed by atoms with van der Waals surface area (Å²) in [6, 6.07) is 10.3. The van der Waals surface area contributed by atoms with Gasteiger partial charge in [0.05, 0.1) is 13.2 Å². The van der Waals surface area contributed by atoms with Crippen molar-refractivity contribution < 1.29 is 9.13 Å². The molecular formula is C15H15BrFNO. The van der Waals surface area contributed by atoms with Gasteiger partial charge in [0.1, 0.15) is 11.6 Å². The lowest BCUT2D eigenvalue weighted by atomic mass is 9.98.